The Morgan fingerprint density at radius 1 is 1.12 bits per heavy atom. The molecule has 6 nitrogen and oxygen atoms in total. The number of aromatic nitrogens is 2. The summed E-state index contributed by atoms with van der Waals surface area (Å²) in [6.07, 6.45) is -0.461. The normalized spacial score (nSPS) is 13.2. The van der Waals surface area contributed by atoms with Crippen LogP contribution in [0.2, 0.25) is 0 Å². The molecule has 0 aliphatic carbocycles. The van der Waals surface area contributed by atoms with Crippen molar-refractivity contribution >= 4 is 5.91 Å². The standard InChI is InChI=1S/C20H21N3O3/c1-14(24)21-18(20-22-15(2)26-23-20)19(17-11-7-4-8-12-17)25-13-16-9-5-3-6-10-16/h3-12,18-19H,13H2,1-2H3,(H,21,24)/t18?,19-/m1/s1. The van der Waals surface area contributed by atoms with Crippen LogP contribution >= 0.6 is 0 Å². The average Bonchev–Trinajstić information content (AvgIpc) is 3.08. The molecule has 1 heterocycles. The van der Waals surface area contributed by atoms with Crippen molar-refractivity contribution in [2.75, 3.05) is 0 Å². The van der Waals surface area contributed by atoms with Gasteiger partial charge in [-0.2, -0.15) is 4.98 Å². The highest BCUT2D eigenvalue weighted by atomic mass is 16.5. The van der Waals surface area contributed by atoms with E-state index in [-0.39, 0.29) is 5.91 Å². The Kier molecular flexibility index (Phi) is 5.76. The molecule has 1 N–H and O–H groups in total. The maximum atomic E-state index is 11.8. The quantitative estimate of drug-likeness (QED) is 0.705. The minimum atomic E-state index is -0.559. The van der Waals surface area contributed by atoms with Crippen LogP contribution in [0.4, 0.5) is 0 Å². The summed E-state index contributed by atoms with van der Waals surface area (Å²) in [5.41, 5.74) is 1.96. The van der Waals surface area contributed by atoms with Gasteiger partial charge in [-0.05, 0) is 11.1 Å². The maximum Gasteiger partial charge on any atom is 0.223 e. The Labute approximate surface area is 152 Å². The lowest BCUT2D eigenvalue weighted by Gasteiger charge is -2.26. The van der Waals surface area contributed by atoms with Crippen molar-refractivity contribution in [1.29, 1.82) is 0 Å². The molecular formula is C20H21N3O3. The van der Waals surface area contributed by atoms with Crippen molar-refractivity contribution in [3.63, 3.8) is 0 Å². The molecule has 3 rings (SSSR count). The maximum absolute atomic E-state index is 11.8. The number of aryl methyl sites for hydroxylation is 1. The molecule has 0 bridgehead atoms. The van der Waals surface area contributed by atoms with Crippen molar-refractivity contribution < 1.29 is 14.1 Å². The molecule has 0 aliphatic rings. The van der Waals surface area contributed by atoms with Crippen molar-refractivity contribution in [3.8, 4) is 0 Å². The molecule has 134 valence electrons. The third-order valence-electron chi connectivity index (χ3n) is 3.88. The first-order valence-electron chi connectivity index (χ1n) is 8.41. The molecule has 1 unspecified atom stereocenters. The van der Waals surface area contributed by atoms with Gasteiger partial charge in [-0.25, -0.2) is 0 Å². The molecule has 3 aromatic rings. The van der Waals surface area contributed by atoms with E-state index in [1.54, 1.807) is 6.92 Å². The van der Waals surface area contributed by atoms with Crippen LogP contribution in [0.1, 0.15) is 41.9 Å². The fourth-order valence-corrected chi connectivity index (χ4v) is 2.72. The highest BCUT2D eigenvalue weighted by Gasteiger charge is 2.30. The van der Waals surface area contributed by atoms with Gasteiger partial charge in [0.15, 0.2) is 5.82 Å². The van der Waals surface area contributed by atoms with Gasteiger partial charge < -0.3 is 14.6 Å². The van der Waals surface area contributed by atoms with E-state index in [4.69, 9.17) is 9.26 Å². The summed E-state index contributed by atoms with van der Waals surface area (Å²) in [7, 11) is 0. The molecule has 0 spiro atoms. The lowest BCUT2D eigenvalue weighted by Crippen LogP contribution is -2.33. The summed E-state index contributed by atoms with van der Waals surface area (Å²) in [5.74, 6) is 0.631. The summed E-state index contributed by atoms with van der Waals surface area (Å²) in [6.45, 7) is 3.57. The molecule has 0 radical (unpaired) electrons. The second-order valence-corrected chi connectivity index (χ2v) is 5.98. The van der Waals surface area contributed by atoms with Gasteiger partial charge in [0.2, 0.25) is 11.8 Å². The third kappa shape index (κ3) is 4.55. The van der Waals surface area contributed by atoms with Crippen molar-refractivity contribution in [1.82, 2.24) is 15.5 Å². The Hall–Kier alpha value is -2.99. The SMILES string of the molecule is CC(=O)NC(c1noc(C)n1)[C@H](OCc1ccccc1)c1ccccc1. The van der Waals surface area contributed by atoms with Crippen LogP contribution in [0.25, 0.3) is 0 Å². The predicted octanol–water partition coefficient (Wildman–Crippen LogP) is 3.51. The van der Waals surface area contributed by atoms with Crippen molar-refractivity contribution in [2.24, 2.45) is 0 Å². The molecule has 26 heavy (non-hydrogen) atoms. The fourth-order valence-electron chi connectivity index (χ4n) is 2.72. The molecule has 0 saturated heterocycles. The smallest absolute Gasteiger partial charge is 0.223 e. The van der Waals surface area contributed by atoms with Crippen LogP contribution in [0, 0.1) is 6.92 Å². The van der Waals surface area contributed by atoms with E-state index in [1.807, 2.05) is 60.7 Å². The zero-order chi connectivity index (χ0) is 18.4. The van der Waals surface area contributed by atoms with E-state index in [1.165, 1.54) is 6.92 Å². The summed E-state index contributed by atoms with van der Waals surface area (Å²) in [5, 5.41) is 6.89. The van der Waals surface area contributed by atoms with Crippen LogP contribution in [0.15, 0.2) is 65.2 Å². The molecule has 0 saturated carbocycles. The number of nitrogens with one attached hydrogen (secondary N) is 1. The molecule has 6 heteroatoms. The lowest BCUT2D eigenvalue weighted by molar-refractivity contribution is -0.121. The van der Waals surface area contributed by atoms with E-state index in [2.05, 4.69) is 15.5 Å². The minimum Gasteiger partial charge on any atom is -0.366 e. The number of ether oxygens (including phenoxy) is 1. The summed E-state index contributed by atoms with van der Waals surface area (Å²) < 4.78 is 11.3. The fraction of sp³-hybridized carbons (Fsp3) is 0.250. The van der Waals surface area contributed by atoms with Crippen molar-refractivity contribution in [3.05, 3.63) is 83.5 Å². The number of hydrogen-bond acceptors (Lipinski definition) is 5. The third-order valence-corrected chi connectivity index (χ3v) is 3.88. The van der Waals surface area contributed by atoms with Gasteiger partial charge in [-0.3, -0.25) is 4.79 Å². The van der Waals surface area contributed by atoms with E-state index >= 15 is 0 Å². The van der Waals surface area contributed by atoms with Gasteiger partial charge in [0.1, 0.15) is 12.1 Å². The van der Waals surface area contributed by atoms with Gasteiger partial charge in [0.05, 0.1) is 6.61 Å². The summed E-state index contributed by atoms with van der Waals surface area (Å²) in [6, 6.07) is 19.0. The van der Waals surface area contributed by atoms with Gasteiger partial charge in [0.25, 0.3) is 0 Å². The zero-order valence-corrected chi connectivity index (χ0v) is 14.8. The second-order valence-electron chi connectivity index (χ2n) is 5.98. The zero-order valence-electron chi connectivity index (χ0n) is 14.8. The number of rotatable bonds is 7. The predicted molar refractivity (Wildman–Crippen MR) is 96.0 cm³/mol. The number of amides is 1. The Morgan fingerprint density at radius 2 is 1.77 bits per heavy atom. The van der Waals surface area contributed by atoms with Crippen LogP contribution in [-0.4, -0.2) is 16.0 Å². The molecule has 0 fully saturated rings. The summed E-state index contributed by atoms with van der Waals surface area (Å²) >= 11 is 0. The number of carbonyl (C=O) groups excluding carboxylic acids is 1. The van der Waals surface area contributed by atoms with Gasteiger partial charge in [-0.1, -0.05) is 65.8 Å². The molecule has 0 aliphatic heterocycles. The highest BCUT2D eigenvalue weighted by molar-refractivity contribution is 5.73. The first-order chi connectivity index (χ1) is 12.6. The molecular weight excluding hydrogens is 330 g/mol. The largest absolute Gasteiger partial charge is 0.366 e. The molecule has 2 aromatic carbocycles. The first kappa shape index (κ1) is 17.8. The van der Waals surface area contributed by atoms with E-state index in [0.29, 0.717) is 18.3 Å². The summed E-state index contributed by atoms with van der Waals surface area (Å²) in [4.78, 5) is 16.1. The first-order valence-corrected chi connectivity index (χ1v) is 8.41. The number of hydrogen-bond donors (Lipinski definition) is 1. The number of benzene rings is 2. The Morgan fingerprint density at radius 3 is 2.35 bits per heavy atom. The van der Waals surface area contributed by atoms with E-state index < -0.39 is 12.1 Å². The molecule has 2 atom stereocenters. The molecule has 1 aromatic heterocycles. The van der Waals surface area contributed by atoms with Gasteiger partial charge in [0, 0.05) is 13.8 Å². The highest BCUT2D eigenvalue weighted by Crippen LogP contribution is 2.31. The minimum absolute atomic E-state index is 0.193. The Bertz CT molecular complexity index is 834. The Balaban J connectivity index is 1.92. The van der Waals surface area contributed by atoms with Crippen LogP contribution in [0.5, 0.6) is 0 Å². The number of carbonyl (C=O) groups is 1. The van der Waals surface area contributed by atoms with Crippen molar-refractivity contribution in [2.45, 2.75) is 32.6 Å². The van der Waals surface area contributed by atoms with E-state index in [9.17, 15) is 4.79 Å². The topological polar surface area (TPSA) is 77.3 Å². The molecule has 1 amide bonds. The number of nitrogens with zero attached hydrogens (tertiary/aromatic N) is 2. The average molecular weight is 351 g/mol. The van der Waals surface area contributed by atoms with Crippen LogP contribution in [-0.2, 0) is 16.1 Å². The van der Waals surface area contributed by atoms with Crippen LogP contribution < -0.4 is 5.32 Å². The monoisotopic (exact) mass is 351 g/mol. The lowest BCUT2D eigenvalue weighted by atomic mass is 10.0. The van der Waals surface area contributed by atoms with E-state index in [0.717, 1.165) is 11.1 Å². The van der Waals surface area contributed by atoms with Gasteiger partial charge in [-0.15, -0.1) is 0 Å². The van der Waals surface area contributed by atoms with Gasteiger partial charge >= 0.3 is 0 Å². The second kappa shape index (κ2) is 8.40. The van der Waals surface area contributed by atoms with Crippen LogP contribution in [0.3, 0.4) is 0 Å².